The molecule has 1 N–H and O–H groups in total. The normalized spacial score (nSPS) is 13.9. The van der Waals surface area contributed by atoms with E-state index in [2.05, 4.69) is 31.3 Å². The average molecular weight is 442 g/mol. The molecule has 0 radical (unpaired) electrons. The zero-order valence-corrected chi connectivity index (χ0v) is 18.9. The number of carbonyl (C=O) groups is 3. The van der Waals surface area contributed by atoms with E-state index in [1.54, 1.807) is 17.0 Å². The fraction of sp³-hybridized carbons (Fsp3) is 0.222. The van der Waals surface area contributed by atoms with Gasteiger partial charge in [0.2, 0.25) is 0 Å². The summed E-state index contributed by atoms with van der Waals surface area (Å²) >= 11 is 0. The quantitative estimate of drug-likeness (QED) is 0.594. The molecule has 1 aliphatic heterocycles. The molecular weight excluding hydrogens is 414 g/mol. The predicted molar refractivity (Wildman–Crippen MR) is 128 cm³/mol. The number of anilines is 1. The van der Waals surface area contributed by atoms with Crippen LogP contribution < -0.4 is 10.2 Å². The maximum Gasteiger partial charge on any atom is 0.316 e. The lowest BCUT2D eigenvalue weighted by atomic mass is 10.1. The maximum absolute atomic E-state index is 12.6. The van der Waals surface area contributed by atoms with Crippen molar-refractivity contribution >= 4 is 23.4 Å². The number of nitrogens with one attached hydrogen (secondary N) is 1. The standard InChI is InChI=1S/C27H27N3O3/c1-19-8-9-22(16-20(19)2)17-28-25(31)23-12-10-21(11-13-23)18-29-14-15-30(27(33)26(29)32)24-6-4-3-5-7-24/h3-13,16H,14-15,17-18H2,1-2H3,(H,28,31). The van der Waals surface area contributed by atoms with Gasteiger partial charge in [-0.05, 0) is 60.4 Å². The number of nitrogens with zero attached hydrogens (tertiary/aromatic N) is 2. The van der Waals surface area contributed by atoms with Crippen molar-refractivity contribution in [2.45, 2.75) is 26.9 Å². The van der Waals surface area contributed by atoms with E-state index in [-0.39, 0.29) is 5.91 Å². The van der Waals surface area contributed by atoms with Gasteiger partial charge in [-0.3, -0.25) is 14.4 Å². The van der Waals surface area contributed by atoms with Crippen LogP contribution in [0.2, 0.25) is 0 Å². The molecule has 1 aliphatic rings. The van der Waals surface area contributed by atoms with Gasteiger partial charge >= 0.3 is 11.8 Å². The highest BCUT2D eigenvalue weighted by atomic mass is 16.2. The van der Waals surface area contributed by atoms with E-state index in [9.17, 15) is 14.4 Å². The van der Waals surface area contributed by atoms with E-state index in [1.807, 2.05) is 48.5 Å². The van der Waals surface area contributed by atoms with E-state index in [0.29, 0.717) is 31.7 Å². The Morgan fingerprint density at radius 3 is 2.21 bits per heavy atom. The van der Waals surface area contributed by atoms with Crippen molar-refractivity contribution in [3.8, 4) is 0 Å². The topological polar surface area (TPSA) is 69.7 Å². The predicted octanol–water partition coefficient (Wildman–Crippen LogP) is 3.61. The van der Waals surface area contributed by atoms with E-state index >= 15 is 0 Å². The minimum absolute atomic E-state index is 0.150. The molecule has 3 amide bonds. The number of para-hydroxylation sites is 1. The minimum atomic E-state index is -0.519. The molecule has 6 heteroatoms. The highest BCUT2D eigenvalue weighted by Gasteiger charge is 2.33. The molecule has 0 aromatic heterocycles. The van der Waals surface area contributed by atoms with Crippen LogP contribution in [0.25, 0.3) is 0 Å². The number of rotatable bonds is 6. The molecule has 3 aromatic carbocycles. The third-order valence-electron chi connectivity index (χ3n) is 5.99. The summed E-state index contributed by atoms with van der Waals surface area (Å²) in [5.41, 5.74) is 5.63. The molecule has 0 saturated carbocycles. The van der Waals surface area contributed by atoms with Crippen molar-refractivity contribution in [1.29, 1.82) is 0 Å². The van der Waals surface area contributed by atoms with Crippen LogP contribution in [0.4, 0.5) is 5.69 Å². The molecule has 33 heavy (non-hydrogen) atoms. The number of carbonyl (C=O) groups excluding carboxylic acids is 3. The molecule has 3 aromatic rings. The number of hydrogen-bond acceptors (Lipinski definition) is 3. The number of hydrogen-bond donors (Lipinski definition) is 1. The van der Waals surface area contributed by atoms with Gasteiger partial charge in [0.05, 0.1) is 0 Å². The van der Waals surface area contributed by atoms with Crippen LogP contribution in [-0.4, -0.2) is 35.7 Å². The first-order valence-electron chi connectivity index (χ1n) is 11.0. The summed E-state index contributed by atoms with van der Waals surface area (Å²) in [7, 11) is 0. The van der Waals surface area contributed by atoms with Crippen LogP contribution in [-0.2, 0) is 22.7 Å². The molecule has 1 fully saturated rings. The highest BCUT2D eigenvalue weighted by molar-refractivity contribution is 6.40. The van der Waals surface area contributed by atoms with Gasteiger partial charge in [-0.2, -0.15) is 0 Å². The second kappa shape index (κ2) is 9.69. The fourth-order valence-electron chi connectivity index (χ4n) is 3.86. The Morgan fingerprint density at radius 2 is 1.52 bits per heavy atom. The highest BCUT2D eigenvalue weighted by Crippen LogP contribution is 2.19. The number of piperazine rings is 1. The summed E-state index contributed by atoms with van der Waals surface area (Å²) in [6.07, 6.45) is 0. The number of amides is 3. The van der Waals surface area contributed by atoms with E-state index in [1.165, 1.54) is 16.0 Å². The minimum Gasteiger partial charge on any atom is -0.348 e. The van der Waals surface area contributed by atoms with Crippen molar-refractivity contribution in [1.82, 2.24) is 10.2 Å². The summed E-state index contributed by atoms with van der Waals surface area (Å²) in [5.74, 6) is -1.18. The molecule has 0 spiro atoms. The van der Waals surface area contributed by atoms with Gasteiger partial charge in [-0.25, -0.2) is 0 Å². The Kier molecular flexibility index (Phi) is 6.54. The third kappa shape index (κ3) is 5.12. The Balaban J connectivity index is 1.33. The second-order valence-corrected chi connectivity index (χ2v) is 8.32. The van der Waals surface area contributed by atoms with Crippen molar-refractivity contribution in [3.63, 3.8) is 0 Å². The summed E-state index contributed by atoms with van der Waals surface area (Å²) in [6.45, 7) is 5.82. The zero-order valence-electron chi connectivity index (χ0n) is 18.9. The van der Waals surface area contributed by atoms with Crippen molar-refractivity contribution < 1.29 is 14.4 Å². The molecule has 168 valence electrons. The number of aryl methyl sites for hydroxylation is 2. The Morgan fingerprint density at radius 1 is 0.818 bits per heavy atom. The molecule has 4 rings (SSSR count). The van der Waals surface area contributed by atoms with Crippen LogP contribution in [0.15, 0.2) is 72.8 Å². The lowest BCUT2D eigenvalue weighted by molar-refractivity contribution is -0.146. The Hall–Kier alpha value is -3.93. The first kappa shape index (κ1) is 22.3. The summed E-state index contributed by atoms with van der Waals surface area (Å²) in [5, 5.41) is 2.94. The molecule has 1 heterocycles. The molecule has 0 bridgehead atoms. The van der Waals surface area contributed by atoms with Gasteiger partial charge in [0, 0.05) is 37.4 Å². The van der Waals surface area contributed by atoms with Crippen LogP contribution in [0.3, 0.4) is 0 Å². The second-order valence-electron chi connectivity index (χ2n) is 8.32. The van der Waals surface area contributed by atoms with E-state index < -0.39 is 11.8 Å². The molecule has 0 aliphatic carbocycles. The first-order valence-corrected chi connectivity index (χ1v) is 11.0. The van der Waals surface area contributed by atoms with E-state index in [4.69, 9.17) is 0 Å². The SMILES string of the molecule is Cc1ccc(CNC(=O)c2ccc(CN3CCN(c4ccccc4)C(=O)C3=O)cc2)cc1C. The van der Waals surface area contributed by atoms with Crippen molar-refractivity contribution in [3.05, 3.63) is 101 Å². The fourth-order valence-corrected chi connectivity index (χ4v) is 3.86. The molecular formula is C27H27N3O3. The summed E-state index contributed by atoms with van der Waals surface area (Å²) in [6, 6.07) is 22.5. The number of benzene rings is 3. The van der Waals surface area contributed by atoms with Gasteiger partial charge < -0.3 is 15.1 Å². The van der Waals surface area contributed by atoms with Crippen LogP contribution in [0.5, 0.6) is 0 Å². The van der Waals surface area contributed by atoms with Gasteiger partial charge in [0.25, 0.3) is 5.91 Å². The largest absolute Gasteiger partial charge is 0.348 e. The first-order chi connectivity index (χ1) is 15.9. The van der Waals surface area contributed by atoms with Gasteiger partial charge in [0.1, 0.15) is 0 Å². The Labute approximate surface area is 193 Å². The summed E-state index contributed by atoms with van der Waals surface area (Å²) < 4.78 is 0. The van der Waals surface area contributed by atoms with E-state index in [0.717, 1.165) is 16.8 Å². The van der Waals surface area contributed by atoms with Gasteiger partial charge in [-0.15, -0.1) is 0 Å². The van der Waals surface area contributed by atoms with Gasteiger partial charge in [0.15, 0.2) is 0 Å². The maximum atomic E-state index is 12.6. The van der Waals surface area contributed by atoms with Gasteiger partial charge in [-0.1, -0.05) is 48.5 Å². The van der Waals surface area contributed by atoms with Crippen LogP contribution >= 0.6 is 0 Å². The lowest BCUT2D eigenvalue weighted by Crippen LogP contribution is -2.54. The average Bonchev–Trinajstić information content (AvgIpc) is 2.83. The third-order valence-corrected chi connectivity index (χ3v) is 5.99. The molecule has 1 saturated heterocycles. The lowest BCUT2D eigenvalue weighted by Gasteiger charge is -2.33. The van der Waals surface area contributed by atoms with Crippen LogP contribution in [0, 0.1) is 13.8 Å². The Bertz CT molecular complexity index is 1170. The zero-order chi connectivity index (χ0) is 23.4. The summed E-state index contributed by atoms with van der Waals surface area (Å²) in [4.78, 5) is 40.8. The van der Waals surface area contributed by atoms with Crippen LogP contribution in [0.1, 0.15) is 32.6 Å². The molecule has 6 nitrogen and oxygen atoms in total. The van der Waals surface area contributed by atoms with Crippen molar-refractivity contribution in [2.24, 2.45) is 0 Å². The van der Waals surface area contributed by atoms with Crippen molar-refractivity contribution in [2.75, 3.05) is 18.0 Å². The molecule has 0 unspecified atom stereocenters. The smallest absolute Gasteiger partial charge is 0.316 e. The monoisotopic (exact) mass is 441 g/mol. The molecule has 0 atom stereocenters.